The van der Waals surface area contributed by atoms with E-state index < -0.39 is 36.4 Å². The SMILES string of the molecule is O=C(NCC1CC1C(=O)NCC(F)(F)C(=O)O)OCC1c2ccccc2-c2ccccc21. The number of alkyl halides is 2. The minimum absolute atomic E-state index is 0.0662. The Bertz CT molecular complexity index is 1010. The zero-order chi connectivity index (χ0) is 22.9. The third-order valence-corrected chi connectivity index (χ3v) is 5.91. The molecule has 0 aromatic heterocycles. The summed E-state index contributed by atoms with van der Waals surface area (Å²) >= 11 is 0. The van der Waals surface area contributed by atoms with Gasteiger partial charge in [0.05, 0.1) is 6.54 Å². The number of fused-ring (bicyclic) bond motifs is 3. The predicted molar refractivity (Wildman–Crippen MR) is 110 cm³/mol. The maximum atomic E-state index is 13.1. The van der Waals surface area contributed by atoms with Gasteiger partial charge in [0.1, 0.15) is 6.61 Å². The first-order valence-corrected chi connectivity index (χ1v) is 10.3. The molecule has 0 heterocycles. The third kappa shape index (κ3) is 4.42. The molecule has 168 valence electrons. The van der Waals surface area contributed by atoms with Crippen LogP contribution >= 0.6 is 0 Å². The van der Waals surface area contributed by atoms with Crippen LogP contribution in [0.15, 0.2) is 48.5 Å². The monoisotopic (exact) mass is 444 g/mol. The fourth-order valence-corrected chi connectivity index (χ4v) is 4.06. The van der Waals surface area contributed by atoms with Crippen molar-refractivity contribution in [3.8, 4) is 11.1 Å². The third-order valence-electron chi connectivity index (χ3n) is 5.91. The van der Waals surface area contributed by atoms with Gasteiger partial charge in [0.25, 0.3) is 0 Å². The van der Waals surface area contributed by atoms with E-state index in [9.17, 15) is 23.2 Å². The zero-order valence-corrected chi connectivity index (χ0v) is 17.0. The second-order valence-electron chi connectivity index (χ2n) is 8.04. The van der Waals surface area contributed by atoms with Gasteiger partial charge >= 0.3 is 18.0 Å². The van der Waals surface area contributed by atoms with E-state index in [-0.39, 0.29) is 25.0 Å². The van der Waals surface area contributed by atoms with E-state index in [0.29, 0.717) is 6.42 Å². The molecule has 9 heteroatoms. The maximum Gasteiger partial charge on any atom is 0.407 e. The molecule has 2 aliphatic carbocycles. The summed E-state index contributed by atoms with van der Waals surface area (Å²) in [5.74, 6) is -7.75. The molecule has 0 spiro atoms. The number of aliphatic carboxylic acids is 1. The molecule has 7 nitrogen and oxygen atoms in total. The number of carbonyl (C=O) groups is 3. The summed E-state index contributed by atoms with van der Waals surface area (Å²) in [7, 11) is 0. The van der Waals surface area contributed by atoms with Crippen molar-refractivity contribution in [2.45, 2.75) is 18.3 Å². The van der Waals surface area contributed by atoms with Crippen LogP contribution in [0.25, 0.3) is 11.1 Å². The van der Waals surface area contributed by atoms with Crippen LogP contribution in [0.2, 0.25) is 0 Å². The lowest BCUT2D eigenvalue weighted by Crippen LogP contribution is -2.43. The molecule has 0 radical (unpaired) electrons. The highest BCUT2D eigenvalue weighted by Crippen LogP contribution is 2.44. The standard InChI is InChI=1S/C23H22F2N2O5/c24-23(25,21(29)30)12-27-20(28)18-9-13(18)10-26-22(31)32-11-19-16-7-3-1-5-14(16)15-6-2-4-8-17(15)19/h1-8,13,18-19H,9-12H2,(H,26,31)(H,27,28)(H,29,30). The minimum Gasteiger partial charge on any atom is -0.477 e. The number of nitrogens with one attached hydrogen (secondary N) is 2. The van der Waals surface area contributed by atoms with E-state index in [1.54, 1.807) is 0 Å². The van der Waals surface area contributed by atoms with Gasteiger partial charge in [-0.05, 0) is 34.6 Å². The van der Waals surface area contributed by atoms with Crippen molar-refractivity contribution in [3.05, 3.63) is 59.7 Å². The topological polar surface area (TPSA) is 105 Å². The van der Waals surface area contributed by atoms with Gasteiger partial charge in [0.15, 0.2) is 0 Å². The van der Waals surface area contributed by atoms with E-state index in [1.165, 1.54) is 0 Å². The Hall–Kier alpha value is -3.49. The van der Waals surface area contributed by atoms with Crippen molar-refractivity contribution in [3.63, 3.8) is 0 Å². The highest BCUT2D eigenvalue weighted by Gasteiger charge is 2.45. The molecule has 32 heavy (non-hydrogen) atoms. The van der Waals surface area contributed by atoms with Crippen LogP contribution in [0.4, 0.5) is 13.6 Å². The number of alkyl carbamates (subject to hydrolysis) is 1. The van der Waals surface area contributed by atoms with Crippen molar-refractivity contribution >= 4 is 18.0 Å². The van der Waals surface area contributed by atoms with E-state index in [1.807, 2.05) is 53.8 Å². The Kier molecular flexibility index (Phi) is 5.82. The predicted octanol–water partition coefficient (Wildman–Crippen LogP) is 3.00. The van der Waals surface area contributed by atoms with E-state index in [2.05, 4.69) is 5.32 Å². The average molecular weight is 444 g/mol. The van der Waals surface area contributed by atoms with Crippen LogP contribution in [0.3, 0.4) is 0 Å². The summed E-state index contributed by atoms with van der Waals surface area (Å²) in [4.78, 5) is 34.4. The fourth-order valence-electron chi connectivity index (χ4n) is 4.06. The number of hydrogen-bond acceptors (Lipinski definition) is 4. The number of ether oxygens (including phenoxy) is 1. The zero-order valence-electron chi connectivity index (χ0n) is 17.0. The lowest BCUT2D eigenvalue weighted by Gasteiger charge is -2.14. The van der Waals surface area contributed by atoms with Crippen molar-refractivity contribution < 1.29 is 33.0 Å². The Morgan fingerprint density at radius 2 is 1.59 bits per heavy atom. The first-order chi connectivity index (χ1) is 15.3. The fraction of sp³-hybridized carbons (Fsp3) is 0.348. The Balaban J connectivity index is 1.23. The van der Waals surface area contributed by atoms with Crippen LogP contribution in [-0.2, 0) is 14.3 Å². The van der Waals surface area contributed by atoms with Gasteiger partial charge < -0.3 is 20.5 Å². The summed E-state index contributed by atoms with van der Waals surface area (Å²) < 4.78 is 31.5. The molecular weight excluding hydrogens is 422 g/mol. The van der Waals surface area contributed by atoms with Crippen molar-refractivity contribution in [1.29, 1.82) is 0 Å². The van der Waals surface area contributed by atoms with Gasteiger partial charge in [0.2, 0.25) is 5.91 Å². The molecule has 2 aliphatic rings. The highest BCUT2D eigenvalue weighted by atomic mass is 19.3. The summed E-state index contributed by atoms with van der Waals surface area (Å²) in [6, 6.07) is 15.9. The number of benzene rings is 2. The summed E-state index contributed by atoms with van der Waals surface area (Å²) in [6.07, 6.45) is -0.191. The molecule has 2 atom stereocenters. The van der Waals surface area contributed by atoms with E-state index >= 15 is 0 Å². The molecule has 0 aliphatic heterocycles. The van der Waals surface area contributed by atoms with Crippen LogP contribution in [-0.4, -0.2) is 48.7 Å². The lowest BCUT2D eigenvalue weighted by molar-refractivity contribution is -0.164. The smallest absolute Gasteiger partial charge is 0.407 e. The van der Waals surface area contributed by atoms with E-state index in [0.717, 1.165) is 22.3 Å². The number of halogens is 2. The second-order valence-corrected chi connectivity index (χ2v) is 8.04. The largest absolute Gasteiger partial charge is 0.477 e. The Labute approximate surface area is 182 Å². The van der Waals surface area contributed by atoms with Gasteiger partial charge in [-0.1, -0.05) is 48.5 Å². The molecule has 1 saturated carbocycles. The molecule has 3 N–H and O–H groups in total. The number of carbonyl (C=O) groups excluding carboxylic acids is 2. The van der Waals surface area contributed by atoms with Crippen molar-refractivity contribution in [2.75, 3.05) is 19.7 Å². The molecule has 2 aromatic carbocycles. The highest BCUT2D eigenvalue weighted by molar-refractivity contribution is 5.83. The quantitative estimate of drug-likeness (QED) is 0.581. The van der Waals surface area contributed by atoms with Crippen LogP contribution in [0, 0.1) is 11.8 Å². The van der Waals surface area contributed by atoms with Gasteiger partial charge in [-0.15, -0.1) is 0 Å². The lowest BCUT2D eigenvalue weighted by atomic mass is 9.98. The normalized spacial score (nSPS) is 18.9. The van der Waals surface area contributed by atoms with Crippen LogP contribution in [0.1, 0.15) is 23.5 Å². The van der Waals surface area contributed by atoms with E-state index in [4.69, 9.17) is 9.84 Å². The number of carboxylic acids is 1. The molecule has 2 amide bonds. The molecule has 2 unspecified atom stereocenters. The molecule has 0 saturated heterocycles. The molecule has 0 bridgehead atoms. The number of amides is 2. The van der Waals surface area contributed by atoms with Gasteiger partial charge in [-0.25, -0.2) is 9.59 Å². The number of rotatable bonds is 8. The van der Waals surface area contributed by atoms with Gasteiger partial charge in [-0.2, -0.15) is 8.78 Å². The summed E-state index contributed by atoms with van der Waals surface area (Å²) in [5.41, 5.74) is 4.44. The minimum atomic E-state index is -4.01. The first-order valence-electron chi connectivity index (χ1n) is 10.3. The second kappa shape index (κ2) is 8.57. The Morgan fingerprint density at radius 1 is 1.00 bits per heavy atom. The average Bonchev–Trinajstić information content (AvgIpc) is 3.50. The molecule has 1 fully saturated rings. The van der Waals surface area contributed by atoms with Gasteiger partial charge in [0, 0.05) is 18.4 Å². The van der Waals surface area contributed by atoms with Crippen LogP contribution < -0.4 is 10.6 Å². The van der Waals surface area contributed by atoms with Crippen molar-refractivity contribution in [2.24, 2.45) is 11.8 Å². The summed E-state index contributed by atoms with van der Waals surface area (Å²) in [5, 5.41) is 12.9. The number of carboxylic acid groups (broad SMARTS) is 1. The Morgan fingerprint density at radius 3 is 2.19 bits per heavy atom. The van der Waals surface area contributed by atoms with Crippen molar-refractivity contribution in [1.82, 2.24) is 10.6 Å². The van der Waals surface area contributed by atoms with Crippen LogP contribution in [0.5, 0.6) is 0 Å². The molecule has 2 aromatic rings. The molecule has 4 rings (SSSR count). The maximum absolute atomic E-state index is 13.1. The molecular formula is C23H22F2N2O5. The summed E-state index contributed by atoms with van der Waals surface area (Å²) in [6.45, 7) is -0.924. The van der Waals surface area contributed by atoms with Gasteiger partial charge in [-0.3, -0.25) is 4.79 Å². The first kappa shape index (κ1) is 21.7. The number of hydrogen-bond donors (Lipinski definition) is 3.